The molecule has 8 aliphatic rings. The van der Waals surface area contributed by atoms with Gasteiger partial charge in [-0.05, 0) is 130 Å². The SMILES string of the molecule is CC1=CC2=NC(c3ccc(C)cc3)C(CC(=O)N(C)C)N2C=C1.CC1=CN2C(=NC(c3ccc(C)cc3)C2CC(=O)O)C=C1.CC1=CN2C(=NC(c3ccc(C)cc3)C2CC(N)=O)C=C1.CNC(=O)CC1C(c2ccc(C)cc2)N=C2C=CC(C)=CN21. The van der Waals surface area contributed by atoms with Gasteiger partial charge < -0.3 is 40.7 Å². The van der Waals surface area contributed by atoms with Crippen molar-refractivity contribution in [3.8, 4) is 0 Å². The third kappa shape index (κ3) is 15.0. The molecule has 8 heterocycles. The first-order chi connectivity index (χ1) is 41.6. The number of carbonyl (C=O) groups excluding carboxylic acids is 3. The molecule has 0 aromatic heterocycles. The number of allylic oxidation sites excluding steroid dienone is 8. The van der Waals surface area contributed by atoms with Crippen LogP contribution in [0.1, 0.15) is 122 Å². The van der Waals surface area contributed by atoms with E-state index in [4.69, 9.17) is 25.7 Å². The summed E-state index contributed by atoms with van der Waals surface area (Å²) in [5, 5.41) is 11.9. The monoisotopic (exact) mass is 1170 g/mol. The van der Waals surface area contributed by atoms with E-state index < -0.39 is 5.97 Å². The normalized spacial score (nSPS) is 23.2. The Morgan fingerprint density at radius 2 is 0.782 bits per heavy atom. The molecule has 8 aliphatic heterocycles. The van der Waals surface area contributed by atoms with E-state index in [1.54, 1.807) is 26.0 Å². The molecule has 0 fully saturated rings. The van der Waals surface area contributed by atoms with E-state index in [1.807, 2.05) is 92.7 Å². The predicted molar refractivity (Wildman–Crippen MR) is 348 cm³/mol. The number of rotatable bonds is 12. The second-order valence-electron chi connectivity index (χ2n) is 23.7. The van der Waals surface area contributed by atoms with Crippen LogP contribution in [0.25, 0.3) is 0 Å². The summed E-state index contributed by atoms with van der Waals surface area (Å²) in [5.41, 5.74) is 19.4. The van der Waals surface area contributed by atoms with Gasteiger partial charge in [-0.25, -0.2) is 0 Å². The highest BCUT2D eigenvalue weighted by Crippen LogP contribution is 2.40. The van der Waals surface area contributed by atoms with Gasteiger partial charge in [-0.2, -0.15) is 0 Å². The molecule has 16 heteroatoms. The van der Waals surface area contributed by atoms with Crippen molar-refractivity contribution in [1.82, 2.24) is 29.8 Å². The van der Waals surface area contributed by atoms with Crippen LogP contribution in [0.5, 0.6) is 0 Å². The Labute approximate surface area is 512 Å². The second kappa shape index (κ2) is 27.3. The van der Waals surface area contributed by atoms with E-state index in [2.05, 4.69) is 158 Å². The fourth-order valence-corrected chi connectivity index (χ4v) is 11.6. The van der Waals surface area contributed by atoms with Crippen molar-refractivity contribution in [2.45, 2.75) is 129 Å². The molecular weight excluding hydrogens is 1090 g/mol. The molecule has 4 aromatic rings. The smallest absolute Gasteiger partial charge is 0.305 e. The first-order valence-electron chi connectivity index (χ1n) is 29.7. The summed E-state index contributed by atoms with van der Waals surface area (Å²) in [7, 11) is 5.28. The Bertz CT molecular complexity index is 3520. The number of hydrogen-bond acceptors (Lipinski definition) is 12. The van der Waals surface area contributed by atoms with Crippen LogP contribution < -0.4 is 11.1 Å². The lowest BCUT2D eigenvalue weighted by atomic mass is 9.96. The molecule has 0 spiro atoms. The van der Waals surface area contributed by atoms with Gasteiger partial charge in [0.05, 0.1) is 54.8 Å². The summed E-state index contributed by atoms with van der Waals surface area (Å²) in [6.07, 6.45) is 25.7. The van der Waals surface area contributed by atoms with Gasteiger partial charge in [0.25, 0.3) is 0 Å². The van der Waals surface area contributed by atoms with Crippen molar-refractivity contribution < 1.29 is 24.3 Å². The molecule has 8 unspecified atom stereocenters. The Morgan fingerprint density at radius 1 is 0.448 bits per heavy atom. The van der Waals surface area contributed by atoms with Crippen LogP contribution in [-0.2, 0) is 19.2 Å². The van der Waals surface area contributed by atoms with Crippen LogP contribution in [0.2, 0.25) is 0 Å². The Kier molecular flexibility index (Phi) is 19.5. The van der Waals surface area contributed by atoms with Gasteiger partial charge in [0.2, 0.25) is 17.7 Å². The first kappa shape index (κ1) is 62.1. The van der Waals surface area contributed by atoms with Crippen LogP contribution in [0, 0.1) is 27.7 Å². The summed E-state index contributed by atoms with van der Waals surface area (Å²) >= 11 is 0. The van der Waals surface area contributed by atoms with E-state index in [9.17, 15) is 24.3 Å². The molecule has 16 nitrogen and oxygen atoms in total. The minimum absolute atomic E-state index is 0.0127. The van der Waals surface area contributed by atoms with Crippen LogP contribution in [0.15, 0.2) is 213 Å². The summed E-state index contributed by atoms with van der Waals surface area (Å²) in [6.45, 7) is 16.4. The zero-order valence-electron chi connectivity index (χ0n) is 51.8. The van der Waals surface area contributed by atoms with Crippen molar-refractivity contribution in [3.63, 3.8) is 0 Å². The number of carbonyl (C=O) groups is 4. The number of hydrogen-bond donors (Lipinski definition) is 3. The first-order valence-corrected chi connectivity index (χ1v) is 29.7. The molecule has 0 saturated heterocycles. The fourth-order valence-electron chi connectivity index (χ4n) is 11.6. The Hall–Kier alpha value is -9.44. The lowest BCUT2D eigenvalue weighted by Crippen LogP contribution is -2.38. The van der Waals surface area contributed by atoms with Crippen molar-refractivity contribution in [1.29, 1.82) is 0 Å². The summed E-state index contributed by atoms with van der Waals surface area (Å²) in [6, 6.07) is 33.0. The maximum atomic E-state index is 12.3. The second-order valence-corrected chi connectivity index (χ2v) is 23.7. The topological polar surface area (TPSA) is 192 Å². The molecule has 0 aliphatic carbocycles. The molecule has 0 saturated carbocycles. The van der Waals surface area contributed by atoms with Crippen LogP contribution in [0.4, 0.5) is 0 Å². The number of aryl methyl sites for hydroxylation is 4. The third-order valence-electron chi connectivity index (χ3n) is 16.4. The molecule has 0 radical (unpaired) electrons. The third-order valence-corrected chi connectivity index (χ3v) is 16.4. The van der Waals surface area contributed by atoms with Gasteiger partial charge in [-0.3, -0.25) is 39.1 Å². The van der Waals surface area contributed by atoms with E-state index in [-0.39, 0.29) is 72.5 Å². The quantitative estimate of drug-likeness (QED) is 0.124. The van der Waals surface area contributed by atoms with Crippen molar-refractivity contribution >= 4 is 47.0 Å². The number of benzene rings is 4. The molecule has 3 amide bonds. The number of aliphatic imine (C=N–C) groups is 4. The van der Waals surface area contributed by atoms with Gasteiger partial charge in [0, 0.05) is 65.2 Å². The van der Waals surface area contributed by atoms with Crippen LogP contribution in [0.3, 0.4) is 0 Å². The molecular formula is C71H81N11O5. The zero-order valence-corrected chi connectivity index (χ0v) is 51.8. The fraction of sp³-hybridized carbons (Fsp3) is 0.324. The highest BCUT2D eigenvalue weighted by atomic mass is 16.4. The molecule has 12 rings (SSSR count). The lowest BCUT2D eigenvalue weighted by molar-refractivity contribution is -0.138. The van der Waals surface area contributed by atoms with Crippen molar-refractivity contribution in [2.24, 2.45) is 25.7 Å². The number of fused-ring (bicyclic) bond motifs is 4. The molecule has 4 aromatic carbocycles. The number of nitrogens with zero attached hydrogens (tertiary/aromatic N) is 9. The van der Waals surface area contributed by atoms with Crippen molar-refractivity contribution in [3.05, 3.63) is 237 Å². The van der Waals surface area contributed by atoms with Gasteiger partial charge in [0.1, 0.15) is 23.3 Å². The standard InChI is InChI=1S/C19H23N3O.C18H21N3O.C17H19N3O.C17H18N2O2/c1-13-5-7-15(8-6-13)19-16(12-18(23)21(3)4)22-10-9-14(2)11-17(22)20-19;1-12-4-7-14(8-5-12)18-15(10-17(22)19-3)21-11-13(2)6-9-16(21)20-18;1-11-3-6-13(7-4-11)17-14(9-15(18)21)20-10-12(2)5-8-16(20)19-17;1-11-3-6-13(7-4-11)17-14(9-16(20)21)19-10-12(2)5-8-15(19)18-17/h5-11,16,19H,12H2,1-4H3;4-9,11,15,18H,10H2,1-3H3,(H,19,22);3-8,10,14,17H,9H2,1-2H3,(H2,18,21);3-8,10,14,17H,9H2,1-2H3,(H,20,21). The number of primary amides is 1. The number of carboxylic acid groups (broad SMARTS) is 1. The van der Waals surface area contributed by atoms with E-state index >= 15 is 0 Å². The molecule has 8 atom stereocenters. The average molecular weight is 1170 g/mol. The van der Waals surface area contributed by atoms with Crippen LogP contribution in [-0.4, -0.2) is 122 Å². The summed E-state index contributed by atoms with van der Waals surface area (Å²) in [4.78, 5) is 76.1. The Morgan fingerprint density at radius 3 is 1.11 bits per heavy atom. The van der Waals surface area contributed by atoms with E-state index in [0.29, 0.717) is 19.3 Å². The largest absolute Gasteiger partial charge is 0.481 e. The molecule has 4 N–H and O–H groups in total. The number of amidine groups is 4. The highest BCUT2D eigenvalue weighted by molar-refractivity contribution is 6.00. The van der Waals surface area contributed by atoms with E-state index in [1.165, 1.54) is 33.4 Å². The van der Waals surface area contributed by atoms with Gasteiger partial charge in [-0.15, -0.1) is 0 Å². The van der Waals surface area contributed by atoms with Gasteiger partial charge >= 0.3 is 5.97 Å². The van der Waals surface area contributed by atoms with Gasteiger partial charge in [-0.1, -0.05) is 138 Å². The zero-order chi connectivity index (χ0) is 62.2. The number of amides is 3. The number of nitrogens with two attached hydrogens (primary N) is 1. The predicted octanol–water partition coefficient (Wildman–Crippen LogP) is 11.3. The van der Waals surface area contributed by atoms with E-state index in [0.717, 1.165) is 56.7 Å². The summed E-state index contributed by atoms with van der Waals surface area (Å²) < 4.78 is 0. The minimum atomic E-state index is -0.797. The highest BCUT2D eigenvalue weighted by Gasteiger charge is 2.41. The van der Waals surface area contributed by atoms with Gasteiger partial charge in [0.15, 0.2) is 0 Å². The number of aliphatic carboxylic acids is 1. The van der Waals surface area contributed by atoms with Crippen LogP contribution >= 0.6 is 0 Å². The number of carboxylic acids is 1. The Balaban J connectivity index is 0.000000138. The average Bonchev–Trinajstić information content (AvgIpc) is 1.80. The van der Waals surface area contributed by atoms with Crippen molar-refractivity contribution in [2.75, 3.05) is 21.1 Å². The minimum Gasteiger partial charge on any atom is -0.481 e. The maximum Gasteiger partial charge on any atom is 0.305 e. The molecule has 87 heavy (non-hydrogen) atoms. The lowest BCUT2D eigenvalue weighted by Gasteiger charge is -2.29. The molecule has 450 valence electrons. The maximum absolute atomic E-state index is 12.3. The summed E-state index contributed by atoms with van der Waals surface area (Å²) in [5.74, 6) is 2.71. The molecule has 0 bridgehead atoms. The number of nitrogens with one attached hydrogen (secondary N) is 1.